The number of hydrogen-bond donors (Lipinski definition) is 3. The first-order valence-corrected chi connectivity index (χ1v) is 4.97. The first kappa shape index (κ1) is 11.4. The number of thiazole rings is 1. The summed E-state index contributed by atoms with van der Waals surface area (Å²) < 4.78 is 4.77. The van der Waals surface area contributed by atoms with E-state index in [-0.39, 0.29) is 10.9 Å². The van der Waals surface area contributed by atoms with E-state index in [0.29, 0.717) is 6.54 Å². The van der Waals surface area contributed by atoms with Crippen molar-refractivity contribution in [2.75, 3.05) is 6.54 Å². The van der Waals surface area contributed by atoms with Gasteiger partial charge in [0.05, 0.1) is 0 Å². The van der Waals surface area contributed by atoms with Gasteiger partial charge in [-0.25, -0.2) is 10.6 Å². The largest absolute Gasteiger partial charge is 0.414 e. The molecule has 0 aromatic carbocycles. The topological polar surface area (TPSA) is 106 Å². The summed E-state index contributed by atoms with van der Waals surface area (Å²) in [4.78, 5) is 25.7. The Labute approximate surface area is 89.6 Å². The highest BCUT2D eigenvalue weighted by Crippen LogP contribution is 2.17. The Bertz CT molecular complexity index is 365. The van der Waals surface area contributed by atoms with E-state index in [1.807, 2.05) is 5.43 Å². The number of amides is 2. The number of hydrazine groups is 1. The molecular weight excluding hydrogens is 220 g/mol. The average Bonchev–Trinajstić information content (AvgIpc) is 2.65. The molecular formula is C7H10N4O3S. The smallest absolute Gasteiger partial charge is 0.381 e. The first-order valence-electron chi connectivity index (χ1n) is 4.09. The fourth-order valence-electron chi connectivity index (χ4n) is 0.742. The Morgan fingerprint density at radius 3 is 3.00 bits per heavy atom. The molecule has 0 spiro atoms. The first-order chi connectivity index (χ1) is 7.17. The van der Waals surface area contributed by atoms with E-state index < -0.39 is 12.0 Å². The highest BCUT2D eigenvalue weighted by Gasteiger charge is 2.12. The van der Waals surface area contributed by atoms with Crippen LogP contribution in [0.5, 0.6) is 5.19 Å². The van der Waals surface area contributed by atoms with Crippen molar-refractivity contribution in [3.63, 3.8) is 0 Å². The summed E-state index contributed by atoms with van der Waals surface area (Å²) in [5, 5.41) is 3.96. The second-order valence-electron chi connectivity index (χ2n) is 2.39. The molecule has 7 nitrogen and oxygen atoms in total. The van der Waals surface area contributed by atoms with Crippen LogP contribution in [-0.4, -0.2) is 23.5 Å². The van der Waals surface area contributed by atoms with Gasteiger partial charge in [0, 0.05) is 11.9 Å². The molecule has 0 atom stereocenters. The summed E-state index contributed by atoms with van der Waals surface area (Å²) in [6.45, 7) is 2.22. The van der Waals surface area contributed by atoms with Gasteiger partial charge in [-0.1, -0.05) is 11.3 Å². The number of ether oxygens (including phenoxy) is 1. The zero-order valence-electron chi connectivity index (χ0n) is 7.94. The van der Waals surface area contributed by atoms with Crippen molar-refractivity contribution in [1.82, 2.24) is 15.7 Å². The summed E-state index contributed by atoms with van der Waals surface area (Å²) >= 11 is 1.04. The Hall–Kier alpha value is -1.67. The Kier molecular flexibility index (Phi) is 4.01. The van der Waals surface area contributed by atoms with Crippen molar-refractivity contribution >= 4 is 23.3 Å². The number of nitrogens with one attached hydrogen (secondary N) is 2. The monoisotopic (exact) mass is 230 g/mol. The number of hydrogen-bond acceptors (Lipinski definition) is 6. The maximum Gasteiger partial charge on any atom is 0.414 e. The zero-order valence-corrected chi connectivity index (χ0v) is 8.76. The summed E-state index contributed by atoms with van der Waals surface area (Å²) in [7, 11) is 0. The third-order valence-electron chi connectivity index (χ3n) is 1.35. The number of carbonyl (C=O) groups excluding carboxylic acids is 2. The van der Waals surface area contributed by atoms with Crippen LogP contribution in [0.2, 0.25) is 0 Å². The maximum absolute atomic E-state index is 11.0. The van der Waals surface area contributed by atoms with E-state index in [9.17, 15) is 9.59 Å². The Morgan fingerprint density at radius 2 is 2.40 bits per heavy atom. The average molecular weight is 230 g/mol. The number of nitrogen functional groups attached to an aromatic ring is 1. The molecule has 0 aliphatic heterocycles. The van der Waals surface area contributed by atoms with Crippen LogP contribution in [0.15, 0.2) is 5.38 Å². The molecule has 2 amide bonds. The van der Waals surface area contributed by atoms with Crippen molar-refractivity contribution in [3.8, 4) is 5.19 Å². The van der Waals surface area contributed by atoms with E-state index in [4.69, 9.17) is 10.6 Å². The fraction of sp³-hybridized carbons (Fsp3) is 0.286. The Morgan fingerprint density at radius 1 is 1.67 bits per heavy atom. The number of rotatable bonds is 3. The third-order valence-corrected chi connectivity index (χ3v) is 2.07. The minimum Gasteiger partial charge on any atom is -0.381 e. The molecule has 0 fully saturated rings. The molecule has 0 saturated heterocycles. The van der Waals surface area contributed by atoms with Crippen LogP contribution in [0.3, 0.4) is 0 Å². The molecule has 0 unspecified atom stereocenters. The lowest BCUT2D eigenvalue weighted by molar-refractivity contribution is 0.0948. The van der Waals surface area contributed by atoms with Gasteiger partial charge in [0.25, 0.3) is 11.1 Å². The number of nitrogens with zero attached hydrogens (tertiary/aromatic N) is 1. The van der Waals surface area contributed by atoms with Gasteiger partial charge in [0.15, 0.2) is 0 Å². The molecule has 0 saturated carbocycles. The van der Waals surface area contributed by atoms with Crippen LogP contribution in [0.25, 0.3) is 0 Å². The van der Waals surface area contributed by atoms with Gasteiger partial charge in [-0.2, -0.15) is 4.98 Å². The second kappa shape index (κ2) is 5.27. The minimum atomic E-state index is -0.605. The van der Waals surface area contributed by atoms with Crippen molar-refractivity contribution in [2.24, 2.45) is 5.84 Å². The maximum atomic E-state index is 11.0. The highest BCUT2D eigenvalue weighted by atomic mass is 32.1. The van der Waals surface area contributed by atoms with Crippen molar-refractivity contribution in [2.45, 2.75) is 6.92 Å². The molecule has 0 radical (unpaired) electrons. The van der Waals surface area contributed by atoms with Gasteiger partial charge in [0.2, 0.25) is 0 Å². The molecule has 1 aromatic heterocycles. The zero-order chi connectivity index (χ0) is 11.3. The lowest BCUT2D eigenvalue weighted by Gasteiger charge is -1.99. The van der Waals surface area contributed by atoms with E-state index in [1.54, 1.807) is 6.92 Å². The van der Waals surface area contributed by atoms with Gasteiger partial charge in [-0.05, 0) is 6.92 Å². The van der Waals surface area contributed by atoms with Crippen LogP contribution in [0.1, 0.15) is 17.4 Å². The van der Waals surface area contributed by atoms with Crippen molar-refractivity contribution < 1.29 is 14.3 Å². The third kappa shape index (κ3) is 3.18. The van der Waals surface area contributed by atoms with E-state index in [1.165, 1.54) is 5.38 Å². The molecule has 0 aliphatic rings. The quantitative estimate of drug-likeness (QED) is 0.380. The molecule has 0 aliphatic carbocycles. The standard InChI is InChI=1S/C7H10N4O3S/c1-2-9-6(13)14-7-10-4(3-15-7)5(12)11-8/h3H,2,8H2,1H3,(H,9,13)(H,11,12). The predicted molar refractivity (Wildman–Crippen MR) is 53.5 cm³/mol. The molecule has 1 heterocycles. The molecule has 0 bridgehead atoms. The summed E-state index contributed by atoms with van der Waals surface area (Å²) in [5.74, 6) is 4.38. The molecule has 8 heteroatoms. The van der Waals surface area contributed by atoms with Crippen LogP contribution < -0.4 is 21.3 Å². The van der Waals surface area contributed by atoms with Gasteiger partial charge < -0.3 is 10.1 Å². The van der Waals surface area contributed by atoms with Crippen molar-refractivity contribution in [3.05, 3.63) is 11.1 Å². The van der Waals surface area contributed by atoms with Crippen LogP contribution >= 0.6 is 11.3 Å². The van der Waals surface area contributed by atoms with Gasteiger partial charge in [-0.15, -0.1) is 0 Å². The van der Waals surface area contributed by atoms with E-state index in [2.05, 4.69) is 10.3 Å². The van der Waals surface area contributed by atoms with Crippen LogP contribution in [-0.2, 0) is 0 Å². The number of carbonyl (C=O) groups is 2. The molecule has 4 N–H and O–H groups in total. The highest BCUT2D eigenvalue weighted by molar-refractivity contribution is 7.11. The van der Waals surface area contributed by atoms with Crippen LogP contribution in [0.4, 0.5) is 4.79 Å². The number of aromatic nitrogens is 1. The van der Waals surface area contributed by atoms with Gasteiger partial charge in [-0.3, -0.25) is 10.2 Å². The van der Waals surface area contributed by atoms with Gasteiger partial charge >= 0.3 is 6.09 Å². The van der Waals surface area contributed by atoms with Crippen LogP contribution in [0, 0.1) is 0 Å². The summed E-state index contributed by atoms with van der Waals surface area (Å²) in [6, 6.07) is 0. The molecule has 15 heavy (non-hydrogen) atoms. The second-order valence-corrected chi connectivity index (χ2v) is 3.21. The number of nitrogens with two attached hydrogens (primary N) is 1. The predicted octanol–water partition coefficient (Wildman–Crippen LogP) is -0.145. The lowest BCUT2D eigenvalue weighted by atomic mass is 10.5. The van der Waals surface area contributed by atoms with Crippen molar-refractivity contribution in [1.29, 1.82) is 0 Å². The molecule has 1 rings (SSSR count). The van der Waals surface area contributed by atoms with E-state index in [0.717, 1.165) is 11.3 Å². The fourth-order valence-corrected chi connectivity index (χ4v) is 1.39. The Balaban J connectivity index is 2.60. The van der Waals surface area contributed by atoms with Gasteiger partial charge in [0.1, 0.15) is 5.69 Å². The lowest BCUT2D eigenvalue weighted by Crippen LogP contribution is -2.30. The minimum absolute atomic E-state index is 0.0968. The SMILES string of the molecule is CCNC(=O)Oc1nc(C(=O)NN)cs1. The summed E-state index contributed by atoms with van der Waals surface area (Å²) in [6.07, 6.45) is -0.605. The normalized spacial score (nSPS) is 9.47. The summed E-state index contributed by atoms with van der Waals surface area (Å²) in [5.41, 5.74) is 2.03. The molecule has 1 aromatic rings. The van der Waals surface area contributed by atoms with E-state index >= 15 is 0 Å². The molecule has 82 valence electrons.